The van der Waals surface area contributed by atoms with Crippen LogP contribution in [0.4, 0.5) is 11.5 Å². The number of benzene rings is 1. The van der Waals surface area contributed by atoms with Gasteiger partial charge >= 0.3 is 0 Å². The summed E-state index contributed by atoms with van der Waals surface area (Å²) in [4.78, 5) is 3.66. The Kier molecular flexibility index (Phi) is 4.28. The van der Waals surface area contributed by atoms with E-state index < -0.39 is 10.0 Å². The maximum absolute atomic E-state index is 12.3. The van der Waals surface area contributed by atoms with Crippen LogP contribution >= 0.6 is 11.6 Å². The Bertz CT molecular complexity index is 817. The van der Waals surface area contributed by atoms with E-state index in [0.717, 1.165) is 6.20 Å². The van der Waals surface area contributed by atoms with Crippen molar-refractivity contribution in [2.24, 2.45) is 5.84 Å². The molecule has 0 aliphatic heterocycles. The molecule has 0 spiro atoms. The number of nitrogens with two attached hydrogens (primary N) is 1. The Morgan fingerprint density at radius 3 is 2.67 bits per heavy atom. The monoisotopic (exact) mass is 323 g/mol. The molecule has 108 valence electrons. The molecule has 21 heavy (non-hydrogen) atoms. The maximum Gasteiger partial charge on any atom is 0.263 e. The highest BCUT2D eigenvalue weighted by Gasteiger charge is 2.18. The maximum atomic E-state index is 12.3. The van der Waals surface area contributed by atoms with Crippen LogP contribution in [-0.4, -0.2) is 13.4 Å². The average molecular weight is 324 g/mol. The highest BCUT2D eigenvalue weighted by Crippen LogP contribution is 2.24. The molecule has 0 fully saturated rings. The van der Waals surface area contributed by atoms with Crippen molar-refractivity contribution in [1.29, 1.82) is 5.26 Å². The van der Waals surface area contributed by atoms with E-state index >= 15 is 0 Å². The lowest BCUT2D eigenvalue weighted by Crippen LogP contribution is -2.15. The summed E-state index contributed by atoms with van der Waals surface area (Å²) in [6.45, 7) is 0. The van der Waals surface area contributed by atoms with Crippen LogP contribution in [0, 0.1) is 11.3 Å². The zero-order chi connectivity index (χ0) is 15.5. The molecule has 1 aromatic heterocycles. The fourth-order valence-electron chi connectivity index (χ4n) is 1.55. The summed E-state index contributed by atoms with van der Waals surface area (Å²) in [6.07, 6.45) is 1.11. The summed E-state index contributed by atoms with van der Waals surface area (Å²) >= 11 is 5.85. The topological polar surface area (TPSA) is 121 Å². The van der Waals surface area contributed by atoms with Gasteiger partial charge in [0.25, 0.3) is 10.0 Å². The number of halogens is 1. The lowest BCUT2D eigenvalue weighted by molar-refractivity contribution is 0.601. The van der Waals surface area contributed by atoms with E-state index in [0.29, 0.717) is 0 Å². The van der Waals surface area contributed by atoms with E-state index in [4.69, 9.17) is 22.7 Å². The van der Waals surface area contributed by atoms with Gasteiger partial charge in [-0.25, -0.2) is 19.2 Å². The number of para-hydroxylation sites is 1. The first kappa shape index (κ1) is 15.1. The minimum Gasteiger partial charge on any atom is -0.307 e. The van der Waals surface area contributed by atoms with Crippen molar-refractivity contribution in [3.8, 4) is 6.07 Å². The molecule has 2 aromatic rings. The number of nitrogens with one attached hydrogen (secondary N) is 2. The second kappa shape index (κ2) is 5.97. The molecule has 0 aliphatic carbocycles. The van der Waals surface area contributed by atoms with Crippen molar-refractivity contribution in [2.75, 3.05) is 10.1 Å². The summed E-state index contributed by atoms with van der Waals surface area (Å²) in [5.41, 5.74) is 2.63. The molecule has 0 unspecified atom stereocenters. The van der Waals surface area contributed by atoms with E-state index in [1.807, 2.05) is 6.07 Å². The highest BCUT2D eigenvalue weighted by molar-refractivity contribution is 7.92. The zero-order valence-electron chi connectivity index (χ0n) is 10.5. The summed E-state index contributed by atoms with van der Waals surface area (Å²) < 4.78 is 26.8. The molecule has 1 heterocycles. The lowest BCUT2D eigenvalue weighted by Gasteiger charge is -2.10. The van der Waals surface area contributed by atoms with Crippen LogP contribution < -0.4 is 16.0 Å². The van der Waals surface area contributed by atoms with Crippen LogP contribution in [0.25, 0.3) is 0 Å². The standard InChI is InChI=1S/C12H10ClN5O2S/c13-10-5-9(7-16-12(10)17-15)21(19,20)18-11-4-2-1-3-8(11)6-14/h1-5,7,18H,15H2,(H,16,17). The first-order chi connectivity index (χ1) is 9.97. The predicted octanol–water partition coefficient (Wildman–Crippen LogP) is 1.69. The molecule has 0 aliphatic rings. The highest BCUT2D eigenvalue weighted by atomic mass is 35.5. The number of sulfonamides is 1. The Hall–Kier alpha value is -2.34. The minimum absolute atomic E-state index is 0.0638. The number of hydrogen-bond donors (Lipinski definition) is 3. The Morgan fingerprint density at radius 2 is 2.05 bits per heavy atom. The van der Waals surface area contributed by atoms with Gasteiger partial charge in [0, 0.05) is 6.20 Å². The van der Waals surface area contributed by atoms with Crippen molar-refractivity contribution in [2.45, 2.75) is 4.90 Å². The average Bonchev–Trinajstić information content (AvgIpc) is 2.47. The third kappa shape index (κ3) is 3.22. The third-order valence-corrected chi connectivity index (χ3v) is 4.18. The first-order valence-electron chi connectivity index (χ1n) is 5.62. The van der Waals surface area contributed by atoms with Crippen molar-refractivity contribution in [1.82, 2.24) is 4.98 Å². The van der Waals surface area contributed by atoms with Crippen molar-refractivity contribution < 1.29 is 8.42 Å². The number of hydrogen-bond acceptors (Lipinski definition) is 6. The number of rotatable bonds is 4. The van der Waals surface area contributed by atoms with Crippen molar-refractivity contribution in [3.63, 3.8) is 0 Å². The molecule has 0 atom stereocenters. The molecule has 9 heteroatoms. The fourth-order valence-corrected chi connectivity index (χ4v) is 2.88. The normalized spacial score (nSPS) is 10.7. The Morgan fingerprint density at radius 1 is 1.33 bits per heavy atom. The number of pyridine rings is 1. The lowest BCUT2D eigenvalue weighted by atomic mass is 10.2. The molecular formula is C12H10ClN5O2S. The molecule has 0 saturated carbocycles. The molecule has 2 rings (SSSR count). The third-order valence-electron chi connectivity index (χ3n) is 2.55. The Balaban J connectivity index is 2.39. The quantitative estimate of drug-likeness (QED) is 0.581. The first-order valence-corrected chi connectivity index (χ1v) is 7.48. The Labute approximate surface area is 126 Å². The van der Waals surface area contributed by atoms with Gasteiger partial charge < -0.3 is 5.43 Å². The van der Waals surface area contributed by atoms with Crippen molar-refractivity contribution >= 4 is 33.1 Å². The van der Waals surface area contributed by atoms with Crippen LogP contribution in [0.15, 0.2) is 41.4 Å². The summed E-state index contributed by atoms with van der Waals surface area (Å²) in [7, 11) is -3.91. The van der Waals surface area contributed by atoms with Crippen LogP contribution in [0.5, 0.6) is 0 Å². The fraction of sp³-hybridized carbons (Fsp3) is 0. The number of nitriles is 1. The van der Waals surface area contributed by atoms with Crippen molar-refractivity contribution in [3.05, 3.63) is 47.1 Å². The van der Waals surface area contributed by atoms with Crippen LogP contribution in [0.3, 0.4) is 0 Å². The predicted molar refractivity (Wildman–Crippen MR) is 79.0 cm³/mol. The second-order valence-electron chi connectivity index (χ2n) is 3.91. The smallest absolute Gasteiger partial charge is 0.263 e. The molecular weight excluding hydrogens is 314 g/mol. The van der Waals surface area contributed by atoms with Gasteiger partial charge in [-0.3, -0.25) is 4.72 Å². The van der Waals surface area contributed by atoms with Gasteiger partial charge in [0.1, 0.15) is 11.0 Å². The van der Waals surface area contributed by atoms with E-state index in [9.17, 15) is 8.42 Å². The SMILES string of the molecule is N#Cc1ccccc1NS(=O)(=O)c1cnc(NN)c(Cl)c1. The number of hydrazine groups is 1. The van der Waals surface area contributed by atoms with E-state index in [2.05, 4.69) is 15.1 Å². The van der Waals surface area contributed by atoms with Gasteiger partial charge in [0.2, 0.25) is 0 Å². The van der Waals surface area contributed by atoms with Gasteiger partial charge in [-0.05, 0) is 18.2 Å². The van der Waals surface area contributed by atoms with Gasteiger partial charge in [0.05, 0.1) is 16.3 Å². The zero-order valence-corrected chi connectivity index (χ0v) is 12.1. The number of aromatic nitrogens is 1. The van der Waals surface area contributed by atoms with E-state index in [1.54, 1.807) is 12.1 Å². The van der Waals surface area contributed by atoms with Gasteiger partial charge in [-0.15, -0.1) is 0 Å². The molecule has 4 N–H and O–H groups in total. The molecule has 1 aromatic carbocycles. The molecule has 0 radical (unpaired) electrons. The summed E-state index contributed by atoms with van der Waals surface area (Å²) in [6, 6.07) is 9.36. The summed E-state index contributed by atoms with van der Waals surface area (Å²) in [5, 5.41) is 9.02. The van der Waals surface area contributed by atoms with E-state index in [1.165, 1.54) is 18.2 Å². The van der Waals surface area contributed by atoms with Gasteiger partial charge in [-0.1, -0.05) is 23.7 Å². The molecule has 7 nitrogen and oxygen atoms in total. The minimum atomic E-state index is -3.91. The summed E-state index contributed by atoms with van der Waals surface area (Å²) in [5.74, 6) is 5.33. The van der Waals surface area contributed by atoms with E-state index in [-0.39, 0.29) is 27.0 Å². The second-order valence-corrected chi connectivity index (χ2v) is 6.00. The van der Waals surface area contributed by atoms with Gasteiger partial charge in [-0.2, -0.15) is 5.26 Å². The van der Waals surface area contributed by atoms with Crippen LogP contribution in [0.1, 0.15) is 5.56 Å². The molecule has 0 amide bonds. The number of anilines is 2. The number of nitrogen functional groups attached to an aromatic ring is 1. The molecule has 0 saturated heterocycles. The largest absolute Gasteiger partial charge is 0.307 e. The van der Waals surface area contributed by atoms with Crippen LogP contribution in [-0.2, 0) is 10.0 Å². The van der Waals surface area contributed by atoms with Crippen LogP contribution in [0.2, 0.25) is 5.02 Å². The number of nitrogens with zero attached hydrogens (tertiary/aromatic N) is 2. The van der Waals surface area contributed by atoms with Gasteiger partial charge in [0.15, 0.2) is 5.82 Å². The molecule has 0 bridgehead atoms.